The van der Waals surface area contributed by atoms with Crippen LogP contribution in [0.2, 0.25) is 0 Å². The van der Waals surface area contributed by atoms with Crippen LogP contribution >= 0.6 is 0 Å². The molecule has 0 saturated carbocycles. The van der Waals surface area contributed by atoms with Gasteiger partial charge in [-0.2, -0.15) is 0 Å². The van der Waals surface area contributed by atoms with Crippen LogP contribution in [0.3, 0.4) is 0 Å². The SMILES string of the molecule is Cc1ccc2cn(Cc3cc(=O)c(O)co3)cc2c1. The Hall–Kier alpha value is -2.49. The molecule has 2 heterocycles. The summed E-state index contributed by atoms with van der Waals surface area (Å²) in [7, 11) is 0. The van der Waals surface area contributed by atoms with Gasteiger partial charge in [-0.1, -0.05) is 17.7 Å². The lowest BCUT2D eigenvalue weighted by molar-refractivity contribution is 0.408. The first-order valence-corrected chi connectivity index (χ1v) is 5.99. The summed E-state index contributed by atoms with van der Waals surface area (Å²) in [6.07, 6.45) is 5.09. The number of hydrogen-bond donors (Lipinski definition) is 1. The van der Waals surface area contributed by atoms with Crippen molar-refractivity contribution in [3.63, 3.8) is 0 Å². The number of aromatic nitrogens is 1. The molecule has 0 spiro atoms. The average Bonchev–Trinajstić information content (AvgIpc) is 2.75. The molecule has 0 aliphatic heterocycles. The lowest BCUT2D eigenvalue weighted by atomic mass is 10.1. The van der Waals surface area contributed by atoms with Crippen LogP contribution < -0.4 is 5.43 Å². The molecule has 3 aromatic rings. The third-order valence-corrected chi connectivity index (χ3v) is 3.06. The third-order valence-electron chi connectivity index (χ3n) is 3.06. The zero-order valence-electron chi connectivity index (χ0n) is 10.5. The Bertz CT molecular complexity index is 799. The number of rotatable bonds is 2. The van der Waals surface area contributed by atoms with Crippen LogP contribution in [-0.4, -0.2) is 9.67 Å². The van der Waals surface area contributed by atoms with Gasteiger partial charge in [-0.05, 0) is 23.8 Å². The van der Waals surface area contributed by atoms with Gasteiger partial charge in [0.15, 0.2) is 5.75 Å². The van der Waals surface area contributed by atoms with Gasteiger partial charge in [-0.15, -0.1) is 0 Å². The molecular weight excluding hydrogens is 242 g/mol. The first kappa shape index (κ1) is 11.6. The van der Waals surface area contributed by atoms with E-state index in [4.69, 9.17) is 9.52 Å². The van der Waals surface area contributed by atoms with Crippen molar-refractivity contribution in [1.82, 2.24) is 4.57 Å². The maximum atomic E-state index is 11.3. The molecule has 1 N–H and O–H groups in total. The van der Waals surface area contributed by atoms with Crippen molar-refractivity contribution < 1.29 is 9.52 Å². The number of benzene rings is 1. The average molecular weight is 255 g/mol. The van der Waals surface area contributed by atoms with Crippen molar-refractivity contribution in [2.75, 3.05) is 0 Å². The van der Waals surface area contributed by atoms with Crippen LogP contribution in [0.5, 0.6) is 5.75 Å². The Morgan fingerprint density at radius 2 is 2.00 bits per heavy atom. The molecule has 0 bridgehead atoms. The number of aromatic hydroxyl groups is 1. The number of aryl methyl sites for hydroxylation is 1. The van der Waals surface area contributed by atoms with Gasteiger partial charge in [0.1, 0.15) is 12.0 Å². The van der Waals surface area contributed by atoms with Crippen molar-refractivity contribution in [2.24, 2.45) is 0 Å². The van der Waals surface area contributed by atoms with E-state index in [9.17, 15) is 4.79 Å². The Kier molecular flexibility index (Phi) is 2.63. The molecule has 0 atom stereocenters. The van der Waals surface area contributed by atoms with E-state index in [0.29, 0.717) is 12.3 Å². The van der Waals surface area contributed by atoms with Gasteiger partial charge < -0.3 is 14.1 Å². The van der Waals surface area contributed by atoms with Gasteiger partial charge in [0.05, 0.1) is 6.54 Å². The molecule has 19 heavy (non-hydrogen) atoms. The van der Waals surface area contributed by atoms with Crippen LogP contribution in [0.1, 0.15) is 11.3 Å². The topological polar surface area (TPSA) is 55.4 Å². The predicted octanol–water partition coefficient (Wildman–Crippen LogP) is 2.66. The van der Waals surface area contributed by atoms with Crippen LogP contribution in [0.15, 0.2) is 52.1 Å². The zero-order chi connectivity index (χ0) is 13.4. The van der Waals surface area contributed by atoms with Gasteiger partial charge >= 0.3 is 0 Å². The van der Waals surface area contributed by atoms with Gasteiger partial charge in [-0.3, -0.25) is 4.79 Å². The number of hydrogen-bond acceptors (Lipinski definition) is 3. The van der Waals surface area contributed by atoms with E-state index in [0.717, 1.165) is 17.0 Å². The molecule has 0 aliphatic rings. The maximum Gasteiger partial charge on any atom is 0.226 e. The van der Waals surface area contributed by atoms with E-state index in [1.54, 1.807) is 0 Å². The van der Waals surface area contributed by atoms with Gasteiger partial charge in [-0.25, -0.2) is 0 Å². The van der Waals surface area contributed by atoms with Crippen molar-refractivity contribution >= 4 is 10.8 Å². The Labute approximate surface area is 109 Å². The summed E-state index contributed by atoms with van der Waals surface area (Å²) in [6.45, 7) is 2.51. The number of fused-ring (bicyclic) bond motifs is 1. The van der Waals surface area contributed by atoms with Crippen molar-refractivity contribution in [3.8, 4) is 5.75 Å². The molecule has 4 nitrogen and oxygen atoms in total. The Morgan fingerprint density at radius 3 is 2.79 bits per heavy atom. The minimum Gasteiger partial charge on any atom is -0.502 e. The minimum atomic E-state index is -0.422. The first-order chi connectivity index (χ1) is 9.11. The molecule has 0 amide bonds. The third kappa shape index (κ3) is 2.25. The summed E-state index contributed by atoms with van der Waals surface area (Å²) in [6, 6.07) is 7.55. The predicted molar refractivity (Wildman–Crippen MR) is 72.4 cm³/mol. The number of nitrogens with zero attached hydrogens (tertiary/aromatic N) is 1. The highest BCUT2D eigenvalue weighted by Gasteiger charge is 2.04. The summed E-state index contributed by atoms with van der Waals surface area (Å²) in [4.78, 5) is 11.3. The smallest absolute Gasteiger partial charge is 0.226 e. The summed E-state index contributed by atoms with van der Waals surface area (Å²) >= 11 is 0. The fourth-order valence-corrected chi connectivity index (χ4v) is 2.12. The van der Waals surface area contributed by atoms with E-state index < -0.39 is 5.43 Å². The van der Waals surface area contributed by atoms with E-state index in [-0.39, 0.29) is 5.75 Å². The highest BCUT2D eigenvalue weighted by Crippen LogP contribution is 2.18. The summed E-state index contributed by atoms with van der Waals surface area (Å²) < 4.78 is 7.15. The Balaban J connectivity index is 1.96. The monoisotopic (exact) mass is 255 g/mol. The first-order valence-electron chi connectivity index (χ1n) is 5.99. The largest absolute Gasteiger partial charge is 0.502 e. The molecular formula is C15H13NO3. The fourth-order valence-electron chi connectivity index (χ4n) is 2.12. The lowest BCUT2D eigenvalue weighted by Crippen LogP contribution is -2.03. The zero-order valence-corrected chi connectivity index (χ0v) is 10.5. The van der Waals surface area contributed by atoms with Gasteiger partial charge in [0.2, 0.25) is 5.43 Å². The second-order valence-corrected chi connectivity index (χ2v) is 4.66. The molecule has 2 aromatic heterocycles. The van der Waals surface area contributed by atoms with Crippen LogP contribution in [0, 0.1) is 6.92 Å². The molecule has 96 valence electrons. The van der Waals surface area contributed by atoms with Crippen molar-refractivity contribution in [3.05, 3.63) is 64.5 Å². The standard InChI is InChI=1S/C15H13NO3/c1-10-2-3-11-6-16(7-12(11)4-10)8-13-5-14(17)15(18)9-19-13/h2-7,9,18H,8H2,1H3. The normalized spacial score (nSPS) is 11.0. The molecule has 0 fully saturated rings. The molecule has 3 rings (SSSR count). The van der Waals surface area contributed by atoms with Crippen LogP contribution in [-0.2, 0) is 6.54 Å². The molecule has 0 saturated heterocycles. The van der Waals surface area contributed by atoms with Gasteiger partial charge in [0.25, 0.3) is 0 Å². The molecule has 0 radical (unpaired) electrons. The van der Waals surface area contributed by atoms with E-state index >= 15 is 0 Å². The van der Waals surface area contributed by atoms with Crippen LogP contribution in [0.25, 0.3) is 10.8 Å². The lowest BCUT2D eigenvalue weighted by Gasteiger charge is -2.01. The quantitative estimate of drug-likeness (QED) is 0.766. The second kappa shape index (κ2) is 4.31. The van der Waals surface area contributed by atoms with Crippen LogP contribution in [0.4, 0.5) is 0 Å². The molecule has 4 heteroatoms. The molecule has 0 unspecified atom stereocenters. The van der Waals surface area contributed by atoms with E-state index in [2.05, 4.69) is 25.1 Å². The van der Waals surface area contributed by atoms with Crippen molar-refractivity contribution in [2.45, 2.75) is 13.5 Å². The molecule has 0 aliphatic carbocycles. The fraction of sp³-hybridized carbons (Fsp3) is 0.133. The summed E-state index contributed by atoms with van der Waals surface area (Å²) in [5.74, 6) is 0.150. The summed E-state index contributed by atoms with van der Waals surface area (Å²) in [5.41, 5.74) is 0.787. The van der Waals surface area contributed by atoms with Gasteiger partial charge in [0, 0.05) is 18.5 Å². The highest BCUT2D eigenvalue weighted by molar-refractivity contribution is 5.82. The second-order valence-electron chi connectivity index (χ2n) is 4.66. The highest BCUT2D eigenvalue weighted by atomic mass is 16.4. The van der Waals surface area contributed by atoms with E-state index in [1.807, 2.05) is 17.0 Å². The Morgan fingerprint density at radius 1 is 1.21 bits per heavy atom. The minimum absolute atomic E-state index is 0.364. The van der Waals surface area contributed by atoms with Crippen molar-refractivity contribution in [1.29, 1.82) is 0 Å². The maximum absolute atomic E-state index is 11.3. The summed E-state index contributed by atoms with van der Waals surface area (Å²) in [5, 5.41) is 11.4. The van der Waals surface area contributed by atoms with E-state index in [1.165, 1.54) is 11.6 Å². The molecule has 1 aromatic carbocycles.